The molecule has 3 rings (SSSR count). The van der Waals surface area contributed by atoms with Crippen LogP contribution in [0.2, 0.25) is 5.02 Å². The van der Waals surface area contributed by atoms with E-state index >= 15 is 0 Å². The van der Waals surface area contributed by atoms with Gasteiger partial charge in [-0.15, -0.1) is 0 Å². The third kappa shape index (κ3) is 5.16. The van der Waals surface area contributed by atoms with E-state index in [1.54, 1.807) is 6.20 Å². The molecule has 6 nitrogen and oxygen atoms in total. The molecule has 1 atom stereocenters. The molecule has 4 N–H and O–H groups in total. The molecule has 1 saturated heterocycles. The third-order valence-electron chi connectivity index (χ3n) is 4.89. The molecule has 10 heteroatoms. The van der Waals surface area contributed by atoms with E-state index in [1.165, 1.54) is 12.1 Å². The zero-order chi connectivity index (χ0) is 21.0. The largest absolute Gasteiger partial charge is 0.417 e. The molecule has 1 fully saturated rings. The Bertz CT molecular complexity index is 849. The topological polar surface area (TPSA) is 87.3 Å². The van der Waals surface area contributed by atoms with Crippen LogP contribution in [0.4, 0.5) is 19.0 Å². The molecule has 0 amide bonds. The second-order valence-electron chi connectivity index (χ2n) is 6.97. The maximum Gasteiger partial charge on any atom is 0.417 e. The van der Waals surface area contributed by atoms with Gasteiger partial charge >= 0.3 is 6.18 Å². The van der Waals surface area contributed by atoms with Gasteiger partial charge < -0.3 is 21.1 Å². The van der Waals surface area contributed by atoms with E-state index in [1.807, 2.05) is 0 Å². The van der Waals surface area contributed by atoms with Crippen LogP contribution in [0, 0.1) is 5.92 Å². The summed E-state index contributed by atoms with van der Waals surface area (Å²) in [5.41, 5.74) is 5.92. The van der Waals surface area contributed by atoms with Crippen molar-refractivity contribution in [2.75, 3.05) is 37.7 Å². The molecule has 1 aromatic heterocycles. The van der Waals surface area contributed by atoms with Gasteiger partial charge in [0.1, 0.15) is 5.82 Å². The number of aliphatic hydroxyl groups excluding tert-OH is 1. The summed E-state index contributed by atoms with van der Waals surface area (Å²) in [7, 11) is 0. The van der Waals surface area contributed by atoms with Gasteiger partial charge in [0, 0.05) is 43.5 Å². The van der Waals surface area contributed by atoms with E-state index in [-0.39, 0.29) is 23.0 Å². The van der Waals surface area contributed by atoms with Gasteiger partial charge in [0.15, 0.2) is 5.82 Å². The molecule has 158 valence electrons. The fourth-order valence-electron chi connectivity index (χ4n) is 3.34. The molecule has 2 aromatic rings. The van der Waals surface area contributed by atoms with Crippen molar-refractivity contribution in [2.24, 2.45) is 11.7 Å². The van der Waals surface area contributed by atoms with E-state index in [4.69, 9.17) is 22.4 Å². The van der Waals surface area contributed by atoms with Crippen molar-refractivity contribution in [1.82, 2.24) is 15.3 Å². The third-order valence-corrected chi connectivity index (χ3v) is 5.22. The Morgan fingerprint density at radius 1 is 1.34 bits per heavy atom. The molecule has 1 aromatic carbocycles. The predicted molar refractivity (Wildman–Crippen MR) is 106 cm³/mol. The quantitative estimate of drug-likeness (QED) is 0.587. The summed E-state index contributed by atoms with van der Waals surface area (Å²) in [6.07, 6.45) is -2.02. The smallest absolute Gasteiger partial charge is 0.395 e. The molecule has 2 heterocycles. The van der Waals surface area contributed by atoms with Crippen LogP contribution >= 0.6 is 11.6 Å². The van der Waals surface area contributed by atoms with Crippen LogP contribution in [0.1, 0.15) is 17.5 Å². The highest BCUT2D eigenvalue weighted by molar-refractivity contribution is 6.31. The van der Waals surface area contributed by atoms with Crippen LogP contribution in [0.5, 0.6) is 0 Å². The number of hydrogen-bond acceptors (Lipinski definition) is 6. The van der Waals surface area contributed by atoms with Crippen molar-refractivity contribution < 1.29 is 18.3 Å². The highest BCUT2D eigenvalue weighted by atomic mass is 35.5. The van der Waals surface area contributed by atoms with Gasteiger partial charge in [-0.05, 0) is 37.1 Å². The molecule has 0 radical (unpaired) electrons. The highest BCUT2D eigenvalue weighted by Crippen LogP contribution is 2.37. The number of aromatic nitrogens is 2. The van der Waals surface area contributed by atoms with Crippen LogP contribution in [0.15, 0.2) is 24.4 Å². The van der Waals surface area contributed by atoms with Crippen LogP contribution < -0.4 is 16.0 Å². The van der Waals surface area contributed by atoms with Gasteiger partial charge in [-0.25, -0.2) is 9.97 Å². The SMILES string of the molecule is NCC1CCN(c2nc(-c3ccc(Cl)c(C(F)(F)F)c3)ncc2CNCCO)C1. The Hall–Kier alpha value is -1.94. The number of alkyl halides is 3. The predicted octanol–water partition coefficient (Wildman–Crippen LogP) is 2.68. The molecule has 1 aliphatic rings. The first-order valence-corrected chi connectivity index (χ1v) is 9.71. The first-order valence-electron chi connectivity index (χ1n) is 9.33. The van der Waals surface area contributed by atoms with Crippen LogP contribution in [-0.2, 0) is 12.7 Å². The van der Waals surface area contributed by atoms with Crippen molar-refractivity contribution in [2.45, 2.75) is 19.1 Å². The summed E-state index contributed by atoms with van der Waals surface area (Å²) >= 11 is 5.72. The lowest BCUT2D eigenvalue weighted by Crippen LogP contribution is -2.26. The van der Waals surface area contributed by atoms with Gasteiger partial charge in [-0.3, -0.25) is 0 Å². The number of nitrogens with zero attached hydrogens (tertiary/aromatic N) is 3. The number of nitrogens with two attached hydrogens (primary N) is 1. The average molecular weight is 430 g/mol. The fourth-order valence-corrected chi connectivity index (χ4v) is 3.56. The van der Waals surface area contributed by atoms with E-state index in [0.29, 0.717) is 31.4 Å². The van der Waals surface area contributed by atoms with Crippen molar-refractivity contribution in [1.29, 1.82) is 0 Å². The van der Waals surface area contributed by atoms with E-state index in [0.717, 1.165) is 31.1 Å². The zero-order valence-electron chi connectivity index (χ0n) is 15.7. The standard InChI is InChI=1S/C19H23ClF3N5O/c20-16-2-1-13(7-15(16)19(21,22)23)17-26-10-14(9-25-4-6-29)18(27-17)28-5-3-12(8-24)11-28/h1-2,7,10,12,25,29H,3-6,8-9,11,24H2. The Labute approximate surface area is 171 Å². The number of hydrogen-bond donors (Lipinski definition) is 3. The number of nitrogens with one attached hydrogen (secondary N) is 1. The van der Waals surface area contributed by atoms with Crippen molar-refractivity contribution in [3.8, 4) is 11.4 Å². The number of anilines is 1. The molecule has 29 heavy (non-hydrogen) atoms. The van der Waals surface area contributed by atoms with Crippen molar-refractivity contribution in [3.05, 3.63) is 40.5 Å². The second-order valence-corrected chi connectivity index (χ2v) is 7.38. The molecule has 1 unspecified atom stereocenters. The fraction of sp³-hybridized carbons (Fsp3) is 0.474. The lowest BCUT2D eigenvalue weighted by molar-refractivity contribution is -0.137. The Morgan fingerprint density at radius 2 is 2.14 bits per heavy atom. The highest BCUT2D eigenvalue weighted by Gasteiger charge is 2.33. The van der Waals surface area contributed by atoms with Gasteiger partial charge in [0.25, 0.3) is 0 Å². The Morgan fingerprint density at radius 3 is 2.79 bits per heavy atom. The molecule has 1 aliphatic heterocycles. The number of aliphatic hydroxyl groups is 1. The summed E-state index contributed by atoms with van der Waals surface area (Å²) in [6.45, 7) is 2.91. The first-order chi connectivity index (χ1) is 13.8. The summed E-state index contributed by atoms with van der Waals surface area (Å²) in [6, 6.07) is 3.66. The van der Waals surface area contributed by atoms with Gasteiger partial charge in [-0.2, -0.15) is 13.2 Å². The van der Waals surface area contributed by atoms with Crippen LogP contribution in [-0.4, -0.2) is 47.9 Å². The minimum absolute atomic E-state index is 0.00176. The second kappa shape index (κ2) is 9.25. The van der Waals surface area contributed by atoms with Gasteiger partial charge in [0.05, 0.1) is 17.2 Å². The maximum absolute atomic E-state index is 13.2. The number of benzene rings is 1. The molecule has 0 bridgehead atoms. The van der Waals surface area contributed by atoms with Crippen molar-refractivity contribution >= 4 is 17.4 Å². The number of rotatable bonds is 7. The molecule has 0 aliphatic carbocycles. The normalized spacial score (nSPS) is 17.2. The minimum Gasteiger partial charge on any atom is -0.395 e. The monoisotopic (exact) mass is 429 g/mol. The summed E-state index contributed by atoms with van der Waals surface area (Å²) in [4.78, 5) is 10.9. The summed E-state index contributed by atoms with van der Waals surface area (Å²) in [5.74, 6) is 1.21. The van der Waals surface area contributed by atoms with Gasteiger partial charge in [-0.1, -0.05) is 11.6 Å². The first kappa shape index (κ1) is 21.8. The molecular formula is C19H23ClF3N5O. The zero-order valence-corrected chi connectivity index (χ0v) is 16.5. The van der Waals surface area contributed by atoms with Crippen molar-refractivity contribution in [3.63, 3.8) is 0 Å². The average Bonchev–Trinajstić information content (AvgIpc) is 3.17. The van der Waals surface area contributed by atoms with Crippen LogP contribution in [0.25, 0.3) is 11.4 Å². The van der Waals surface area contributed by atoms with Gasteiger partial charge in [0.2, 0.25) is 0 Å². The van der Waals surface area contributed by atoms with Crippen LogP contribution in [0.3, 0.4) is 0 Å². The lowest BCUT2D eigenvalue weighted by Gasteiger charge is -2.21. The molecular weight excluding hydrogens is 407 g/mol. The minimum atomic E-state index is -4.56. The number of halogens is 4. The molecule has 0 spiro atoms. The molecule has 0 saturated carbocycles. The van der Waals surface area contributed by atoms with E-state index in [9.17, 15) is 13.2 Å². The lowest BCUT2D eigenvalue weighted by atomic mass is 10.1. The Balaban J connectivity index is 1.97. The van der Waals surface area contributed by atoms with E-state index in [2.05, 4.69) is 20.2 Å². The summed E-state index contributed by atoms with van der Waals surface area (Å²) < 4.78 is 39.6. The van der Waals surface area contributed by atoms with E-state index < -0.39 is 11.7 Å². The Kier molecular flexibility index (Phi) is 6.94. The maximum atomic E-state index is 13.2. The summed E-state index contributed by atoms with van der Waals surface area (Å²) in [5, 5.41) is 11.7.